The van der Waals surface area contributed by atoms with Gasteiger partial charge in [-0.15, -0.1) is 0 Å². The molecule has 0 heterocycles. The van der Waals surface area contributed by atoms with Gasteiger partial charge >= 0.3 is 0 Å². The molecule has 0 aliphatic carbocycles. The molecule has 2 aromatic carbocycles. The molecule has 0 spiro atoms. The van der Waals surface area contributed by atoms with E-state index in [0.717, 1.165) is 27.2 Å². The molecule has 2 N–H and O–H groups in total. The minimum absolute atomic E-state index is 0.471. The van der Waals surface area contributed by atoms with Crippen molar-refractivity contribution in [2.45, 2.75) is 6.61 Å². The van der Waals surface area contributed by atoms with Crippen molar-refractivity contribution in [3.05, 3.63) is 52.5 Å². The summed E-state index contributed by atoms with van der Waals surface area (Å²) in [6, 6.07) is 13.3. The Labute approximate surface area is 115 Å². The van der Waals surface area contributed by atoms with E-state index in [4.69, 9.17) is 15.2 Å². The van der Waals surface area contributed by atoms with Gasteiger partial charge in [-0.1, -0.05) is 18.2 Å². The van der Waals surface area contributed by atoms with Crippen LogP contribution in [0.15, 0.2) is 46.9 Å². The number of benzene rings is 2. The zero-order valence-corrected chi connectivity index (χ0v) is 11.6. The fourth-order valence-electron chi connectivity index (χ4n) is 1.56. The molecule has 3 nitrogen and oxygen atoms in total. The summed E-state index contributed by atoms with van der Waals surface area (Å²) in [5.74, 6) is 1.46. The Morgan fingerprint density at radius 2 is 1.83 bits per heavy atom. The van der Waals surface area contributed by atoms with Crippen LogP contribution in [0.3, 0.4) is 0 Å². The number of para-hydroxylation sites is 2. The van der Waals surface area contributed by atoms with Gasteiger partial charge in [-0.2, -0.15) is 0 Å². The van der Waals surface area contributed by atoms with E-state index in [0.29, 0.717) is 6.61 Å². The molecule has 0 aromatic heterocycles. The Morgan fingerprint density at radius 1 is 1.11 bits per heavy atom. The van der Waals surface area contributed by atoms with Crippen LogP contribution >= 0.6 is 15.9 Å². The third-order valence-corrected chi connectivity index (χ3v) is 3.22. The van der Waals surface area contributed by atoms with E-state index < -0.39 is 0 Å². The molecule has 18 heavy (non-hydrogen) atoms. The van der Waals surface area contributed by atoms with Gasteiger partial charge in [-0.05, 0) is 45.8 Å². The van der Waals surface area contributed by atoms with Crippen LogP contribution in [0, 0.1) is 0 Å². The summed E-state index contributed by atoms with van der Waals surface area (Å²) in [4.78, 5) is 0. The number of methoxy groups -OCH3 is 1. The summed E-state index contributed by atoms with van der Waals surface area (Å²) in [5.41, 5.74) is 7.50. The first-order valence-corrected chi connectivity index (χ1v) is 6.29. The van der Waals surface area contributed by atoms with Crippen LogP contribution in [0.5, 0.6) is 11.5 Å². The second-order valence-electron chi connectivity index (χ2n) is 3.80. The first kappa shape index (κ1) is 12.8. The summed E-state index contributed by atoms with van der Waals surface area (Å²) in [5, 5.41) is 0. The maximum atomic E-state index is 5.73. The Hall–Kier alpha value is -1.68. The predicted octanol–water partition coefficient (Wildman–Crippen LogP) is 3.62. The second-order valence-corrected chi connectivity index (χ2v) is 4.65. The molecular formula is C14H14BrNO2. The number of hydrogen-bond donors (Lipinski definition) is 1. The third-order valence-electron chi connectivity index (χ3n) is 2.53. The molecule has 0 saturated heterocycles. The van der Waals surface area contributed by atoms with Gasteiger partial charge in [-0.25, -0.2) is 0 Å². The van der Waals surface area contributed by atoms with Crippen molar-refractivity contribution in [2.24, 2.45) is 0 Å². The van der Waals surface area contributed by atoms with Gasteiger partial charge < -0.3 is 15.2 Å². The van der Waals surface area contributed by atoms with Gasteiger partial charge in [0.05, 0.1) is 7.11 Å². The summed E-state index contributed by atoms with van der Waals surface area (Å²) >= 11 is 3.40. The molecule has 2 rings (SSSR count). The largest absolute Gasteiger partial charge is 0.493 e. The molecule has 0 saturated carbocycles. The molecular weight excluding hydrogens is 294 g/mol. The highest BCUT2D eigenvalue weighted by Gasteiger charge is 2.04. The Bertz CT molecular complexity index is 543. The zero-order chi connectivity index (χ0) is 13.0. The number of nitrogen functional groups attached to an aromatic ring is 1. The number of ether oxygens (including phenoxy) is 2. The second kappa shape index (κ2) is 5.78. The van der Waals surface area contributed by atoms with E-state index in [2.05, 4.69) is 15.9 Å². The van der Waals surface area contributed by atoms with Crippen LogP contribution in [0.1, 0.15) is 5.56 Å². The summed E-state index contributed by atoms with van der Waals surface area (Å²) in [6.45, 7) is 0.471. The SMILES string of the molecule is COc1ccccc1OCc1ccc(N)c(Br)c1. The molecule has 0 radical (unpaired) electrons. The lowest BCUT2D eigenvalue weighted by atomic mass is 10.2. The molecule has 0 fully saturated rings. The van der Waals surface area contributed by atoms with E-state index in [9.17, 15) is 0 Å². The topological polar surface area (TPSA) is 44.5 Å². The number of anilines is 1. The number of nitrogens with two attached hydrogens (primary N) is 1. The van der Waals surface area contributed by atoms with E-state index in [-0.39, 0.29) is 0 Å². The van der Waals surface area contributed by atoms with Crippen LogP contribution in [-0.2, 0) is 6.61 Å². The van der Waals surface area contributed by atoms with Crippen molar-refractivity contribution in [1.82, 2.24) is 0 Å². The highest BCUT2D eigenvalue weighted by atomic mass is 79.9. The van der Waals surface area contributed by atoms with Gasteiger partial charge in [-0.3, -0.25) is 0 Å². The molecule has 0 aliphatic heterocycles. The standard InChI is InChI=1S/C14H14BrNO2/c1-17-13-4-2-3-5-14(13)18-9-10-6-7-12(16)11(15)8-10/h2-8H,9,16H2,1H3. The average molecular weight is 308 g/mol. The molecule has 2 aromatic rings. The third kappa shape index (κ3) is 2.96. The lowest BCUT2D eigenvalue weighted by Crippen LogP contribution is -1.98. The van der Waals surface area contributed by atoms with Gasteiger partial charge in [0.1, 0.15) is 6.61 Å². The van der Waals surface area contributed by atoms with Crippen LogP contribution < -0.4 is 15.2 Å². The van der Waals surface area contributed by atoms with Gasteiger partial charge in [0.2, 0.25) is 0 Å². The molecule has 0 amide bonds. The Balaban J connectivity index is 2.09. The van der Waals surface area contributed by atoms with Crippen LogP contribution in [0.25, 0.3) is 0 Å². The highest BCUT2D eigenvalue weighted by Crippen LogP contribution is 2.27. The number of hydrogen-bond acceptors (Lipinski definition) is 3. The highest BCUT2D eigenvalue weighted by molar-refractivity contribution is 9.10. The fourth-order valence-corrected chi connectivity index (χ4v) is 1.99. The minimum atomic E-state index is 0.471. The first-order chi connectivity index (χ1) is 8.70. The summed E-state index contributed by atoms with van der Waals surface area (Å²) in [6.07, 6.45) is 0. The first-order valence-electron chi connectivity index (χ1n) is 5.50. The van der Waals surface area contributed by atoms with Crippen molar-refractivity contribution < 1.29 is 9.47 Å². The maximum absolute atomic E-state index is 5.73. The molecule has 0 bridgehead atoms. The van der Waals surface area contributed by atoms with Crippen LogP contribution in [-0.4, -0.2) is 7.11 Å². The Kier molecular flexibility index (Phi) is 4.10. The Morgan fingerprint density at radius 3 is 2.50 bits per heavy atom. The monoisotopic (exact) mass is 307 g/mol. The smallest absolute Gasteiger partial charge is 0.161 e. The lowest BCUT2D eigenvalue weighted by molar-refractivity contribution is 0.284. The van der Waals surface area contributed by atoms with Crippen molar-refractivity contribution >= 4 is 21.6 Å². The maximum Gasteiger partial charge on any atom is 0.161 e. The lowest BCUT2D eigenvalue weighted by Gasteiger charge is -2.10. The summed E-state index contributed by atoms with van der Waals surface area (Å²) < 4.78 is 11.8. The van der Waals surface area contributed by atoms with Crippen LogP contribution in [0.4, 0.5) is 5.69 Å². The summed E-state index contributed by atoms with van der Waals surface area (Å²) in [7, 11) is 1.63. The zero-order valence-electron chi connectivity index (χ0n) is 10.0. The van der Waals surface area contributed by atoms with Crippen LogP contribution in [0.2, 0.25) is 0 Å². The van der Waals surface area contributed by atoms with E-state index >= 15 is 0 Å². The number of halogens is 1. The van der Waals surface area contributed by atoms with E-state index in [1.165, 1.54) is 0 Å². The van der Waals surface area contributed by atoms with Crippen molar-refractivity contribution in [3.8, 4) is 11.5 Å². The molecule has 94 valence electrons. The number of rotatable bonds is 4. The van der Waals surface area contributed by atoms with Gasteiger partial charge in [0.15, 0.2) is 11.5 Å². The van der Waals surface area contributed by atoms with E-state index in [1.807, 2.05) is 42.5 Å². The quantitative estimate of drug-likeness (QED) is 0.877. The van der Waals surface area contributed by atoms with Gasteiger partial charge in [0.25, 0.3) is 0 Å². The fraction of sp³-hybridized carbons (Fsp3) is 0.143. The normalized spacial score (nSPS) is 10.1. The van der Waals surface area contributed by atoms with E-state index in [1.54, 1.807) is 7.11 Å². The average Bonchev–Trinajstić information content (AvgIpc) is 2.40. The van der Waals surface area contributed by atoms with Crippen molar-refractivity contribution in [1.29, 1.82) is 0 Å². The minimum Gasteiger partial charge on any atom is -0.493 e. The predicted molar refractivity (Wildman–Crippen MR) is 75.9 cm³/mol. The van der Waals surface area contributed by atoms with Gasteiger partial charge in [0, 0.05) is 10.2 Å². The molecule has 0 unspecified atom stereocenters. The molecule has 0 aliphatic rings. The molecule has 0 atom stereocenters. The van der Waals surface area contributed by atoms with Crippen molar-refractivity contribution in [3.63, 3.8) is 0 Å². The van der Waals surface area contributed by atoms with Crippen molar-refractivity contribution in [2.75, 3.05) is 12.8 Å². The molecule has 4 heteroatoms.